The van der Waals surface area contributed by atoms with Crippen LogP contribution >= 0.6 is 0 Å². The number of hydrogen-bond acceptors (Lipinski definition) is 6. The van der Waals surface area contributed by atoms with E-state index < -0.39 is 11.7 Å². The van der Waals surface area contributed by atoms with Gasteiger partial charge in [0.1, 0.15) is 11.6 Å². The van der Waals surface area contributed by atoms with E-state index >= 15 is 0 Å². The van der Waals surface area contributed by atoms with Crippen molar-refractivity contribution in [3.05, 3.63) is 71.6 Å². The van der Waals surface area contributed by atoms with Gasteiger partial charge in [0.25, 0.3) is 5.91 Å². The Bertz CT molecular complexity index is 1350. The summed E-state index contributed by atoms with van der Waals surface area (Å²) in [7, 11) is 0. The van der Waals surface area contributed by atoms with Crippen LogP contribution in [0.4, 0.5) is 10.1 Å². The first-order chi connectivity index (χ1) is 15.0. The fourth-order valence-electron chi connectivity index (χ4n) is 3.49. The third-order valence-electron chi connectivity index (χ3n) is 4.91. The minimum Gasteiger partial charge on any atom is -0.493 e. The molecular weight excluding hydrogens is 401 g/mol. The van der Waals surface area contributed by atoms with Gasteiger partial charge in [-0.05, 0) is 31.2 Å². The molecule has 1 N–H and O–H groups in total. The maximum absolute atomic E-state index is 14.6. The fourth-order valence-corrected chi connectivity index (χ4v) is 3.49. The second-order valence-electron chi connectivity index (χ2n) is 7.18. The zero-order chi connectivity index (χ0) is 21.5. The minimum absolute atomic E-state index is 0.122. The number of anilines is 1. The quantitative estimate of drug-likeness (QED) is 0.534. The molecular formula is C22H18FN5O3. The number of ether oxygens (including phenoxy) is 1. The first kappa shape index (κ1) is 19.0. The minimum atomic E-state index is -0.463. The summed E-state index contributed by atoms with van der Waals surface area (Å²) >= 11 is 0. The van der Waals surface area contributed by atoms with E-state index in [1.165, 1.54) is 18.2 Å². The molecule has 1 amide bonds. The van der Waals surface area contributed by atoms with E-state index in [0.717, 1.165) is 17.7 Å². The number of imidazole rings is 1. The van der Waals surface area contributed by atoms with Crippen molar-refractivity contribution in [2.75, 3.05) is 11.9 Å². The van der Waals surface area contributed by atoms with E-state index in [2.05, 4.69) is 20.3 Å². The molecule has 1 aromatic carbocycles. The number of amides is 1. The molecule has 1 aliphatic rings. The molecule has 0 bridgehead atoms. The Morgan fingerprint density at radius 2 is 2.10 bits per heavy atom. The lowest BCUT2D eigenvalue weighted by Gasteiger charge is -2.06. The molecule has 0 fully saturated rings. The van der Waals surface area contributed by atoms with Crippen LogP contribution in [-0.2, 0) is 4.74 Å². The summed E-state index contributed by atoms with van der Waals surface area (Å²) in [6.07, 6.45) is 8.07. The van der Waals surface area contributed by atoms with Crippen molar-refractivity contribution in [3.8, 4) is 11.3 Å². The Morgan fingerprint density at radius 3 is 2.84 bits per heavy atom. The average Bonchev–Trinajstić information content (AvgIpc) is 3.48. The van der Waals surface area contributed by atoms with Crippen molar-refractivity contribution in [3.63, 3.8) is 0 Å². The van der Waals surface area contributed by atoms with Gasteiger partial charge in [-0.2, -0.15) is 0 Å². The van der Waals surface area contributed by atoms with Crippen LogP contribution < -0.4 is 5.32 Å². The Kier molecular flexibility index (Phi) is 4.50. The highest BCUT2D eigenvalue weighted by Crippen LogP contribution is 2.27. The molecule has 0 saturated heterocycles. The Hall–Kier alpha value is -4.01. The Balaban J connectivity index is 1.46. The normalized spacial score (nSPS) is 13.3. The summed E-state index contributed by atoms with van der Waals surface area (Å²) < 4.78 is 27.2. The van der Waals surface area contributed by atoms with Crippen LogP contribution in [0.1, 0.15) is 34.1 Å². The van der Waals surface area contributed by atoms with E-state index in [1.807, 2.05) is 12.3 Å². The van der Waals surface area contributed by atoms with Crippen LogP contribution in [0.5, 0.6) is 0 Å². The summed E-state index contributed by atoms with van der Waals surface area (Å²) in [4.78, 5) is 25.4. The lowest BCUT2D eigenvalue weighted by molar-refractivity contribution is 0.0994. The predicted octanol–water partition coefficient (Wildman–Crippen LogP) is 4.15. The van der Waals surface area contributed by atoms with E-state index in [-0.39, 0.29) is 11.3 Å². The first-order valence-corrected chi connectivity index (χ1v) is 9.71. The van der Waals surface area contributed by atoms with Crippen LogP contribution in [-0.4, -0.2) is 31.9 Å². The highest BCUT2D eigenvalue weighted by atomic mass is 19.1. The van der Waals surface area contributed by atoms with Gasteiger partial charge in [-0.25, -0.2) is 19.3 Å². The number of carbonyl (C=O) groups excluding carboxylic acids is 1. The highest BCUT2D eigenvalue weighted by molar-refractivity contribution is 6.03. The topological polar surface area (TPSA) is 94.6 Å². The van der Waals surface area contributed by atoms with Gasteiger partial charge in [0, 0.05) is 43.2 Å². The van der Waals surface area contributed by atoms with Gasteiger partial charge in [0.05, 0.1) is 23.6 Å². The molecule has 4 heterocycles. The molecule has 0 aliphatic carbocycles. The van der Waals surface area contributed by atoms with Gasteiger partial charge in [-0.3, -0.25) is 9.20 Å². The summed E-state index contributed by atoms with van der Waals surface area (Å²) in [5.41, 5.74) is 2.36. The molecule has 0 spiro atoms. The summed E-state index contributed by atoms with van der Waals surface area (Å²) in [5, 5.41) is 2.72. The standard InChI is InChI=1S/C22H18FN5O3/c1-12-20(31-13(2)25-12)21(29)26-15-5-6-17(23)16(8-15)18-11-28-10-14(9-24-22(28)27-18)19-4-3-7-30-19/h4-6,8-11H,3,7H2,1-2H3,(H,26,29). The molecule has 4 aromatic rings. The van der Waals surface area contributed by atoms with Crippen LogP contribution in [0, 0.1) is 19.7 Å². The number of oxazole rings is 1. The monoisotopic (exact) mass is 419 g/mol. The molecule has 8 nitrogen and oxygen atoms in total. The fraction of sp³-hybridized carbons (Fsp3) is 0.182. The molecule has 0 radical (unpaired) electrons. The van der Waals surface area contributed by atoms with Crippen LogP contribution in [0.25, 0.3) is 22.8 Å². The number of halogens is 1. The van der Waals surface area contributed by atoms with Crippen molar-refractivity contribution >= 4 is 23.1 Å². The largest absolute Gasteiger partial charge is 0.493 e. The number of carbonyl (C=O) groups is 1. The highest BCUT2D eigenvalue weighted by Gasteiger charge is 2.18. The van der Waals surface area contributed by atoms with E-state index in [1.54, 1.807) is 30.6 Å². The zero-order valence-electron chi connectivity index (χ0n) is 16.8. The van der Waals surface area contributed by atoms with Crippen LogP contribution in [0.15, 0.2) is 47.3 Å². The summed E-state index contributed by atoms with van der Waals surface area (Å²) in [5.74, 6) is 0.809. The van der Waals surface area contributed by atoms with Gasteiger partial charge in [0.15, 0.2) is 5.89 Å². The molecule has 156 valence electrons. The maximum atomic E-state index is 14.6. The van der Waals surface area contributed by atoms with E-state index in [9.17, 15) is 9.18 Å². The Morgan fingerprint density at radius 1 is 1.23 bits per heavy atom. The molecule has 0 saturated carbocycles. The number of nitrogens with zero attached hydrogens (tertiary/aromatic N) is 4. The van der Waals surface area contributed by atoms with Crippen LogP contribution in [0.2, 0.25) is 0 Å². The van der Waals surface area contributed by atoms with Crippen molar-refractivity contribution in [2.45, 2.75) is 20.3 Å². The number of fused-ring (bicyclic) bond motifs is 1. The summed E-state index contributed by atoms with van der Waals surface area (Å²) in [6.45, 7) is 4.00. The lowest BCUT2D eigenvalue weighted by atomic mass is 10.1. The summed E-state index contributed by atoms with van der Waals surface area (Å²) in [6, 6.07) is 4.28. The SMILES string of the molecule is Cc1nc(C)c(C(=O)Nc2ccc(F)c(-c3cn4cc(C5=CCCO5)cnc4n3)c2)o1. The number of rotatable bonds is 4. The predicted molar refractivity (Wildman–Crippen MR) is 111 cm³/mol. The molecule has 0 unspecified atom stereocenters. The lowest BCUT2D eigenvalue weighted by Crippen LogP contribution is -2.12. The van der Waals surface area contributed by atoms with E-state index in [0.29, 0.717) is 35.4 Å². The van der Waals surface area contributed by atoms with Crippen molar-refractivity contribution in [2.24, 2.45) is 0 Å². The number of hydrogen-bond donors (Lipinski definition) is 1. The second-order valence-corrected chi connectivity index (χ2v) is 7.18. The zero-order valence-corrected chi connectivity index (χ0v) is 16.8. The smallest absolute Gasteiger partial charge is 0.293 e. The second kappa shape index (κ2) is 7.35. The van der Waals surface area contributed by atoms with Gasteiger partial charge in [-0.1, -0.05) is 0 Å². The third kappa shape index (κ3) is 3.54. The van der Waals surface area contributed by atoms with Gasteiger partial charge in [-0.15, -0.1) is 0 Å². The molecule has 31 heavy (non-hydrogen) atoms. The molecule has 1 aliphatic heterocycles. The molecule has 3 aromatic heterocycles. The van der Waals surface area contributed by atoms with Gasteiger partial charge >= 0.3 is 0 Å². The third-order valence-corrected chi connectivity index (χ3v) is 4.91. The van der Waals surface area contributed by atoms with Crippen molar-refractivity contribution < 1.29 is 18.3 Å². The number of aromatic nitrogens is 4. The van der Waals surface area contributed by atoms with E-state index in [4.69, 9.17) is 9.15 Å². The molecule has 5 rings (SSSR count). The maximum Gasteiger partial charge on any atom is 0.293 e. The number of nitrogens with one attached hydrogen (secondary N) is 1. The number of aryl methyl sites for hydroxylation is 2. The van der Waals surface area contributed by atoms with Crippen LogP contribution in [0.3, 0.4) is 0 Å². The Labute approximate surface area is 176 Å². The molecule has 0 atom stereocenters. The molecule has 9 heteroatoms. The average molecular weight is 419 g/mol. The van der Waals surface area contributed by atoms with Crippen molar-refractivity contribution in [1.82, 2.24) is 19.4 Å². The van der Waals surface area contributed by atoms with Gasteiger partial charge in [0.2, 0.25) is 11.5 Å². The van der Waals surface area contributed by atoms with Crippen molar-refractivity contribution in [1.29, 1.82) is 0 Å². The first-order valence-electron chi connectivity index (χ1n) is 9.71. The number of benzene rings is 1. The van der Waals surface area contributed by atoms with Gasteiger partial charge < -0.3 is 14.5 Å².